The molecule has 18 heavy (non-hydrogen) atoms. The molecule has 1 aromatic carbocycles. The van der Waals surface area contributed by atoms with Gasteiger partial charge in [0.2, 0.25) is 5.91 Å². The Labute approximate surface area is 110 Å². The highest BCUT2D eigenvalue weighted by molar-refractivity contribution is 5.77. The number of hydrogen-bond acceptors (Lipinski definition) is 2. The summed E-state index contributed by atoms with van der Waals surface area (Å²) < 4.78 is 0. The summed E-state index contributed by atoms with van der Waals surface area (Å²) in [7, 11) is 1.83. The Hall–Kier alpha value is -1.35. The van der Waals surface area contributed by atoms with Gasteiger partial charge in [0.1, 0.15) is 0 Å². The van der Waals surface area contributed by atoms with Gasteiger partial charge in [-0.15, -0.1) is 0 Å². The van der Waals surface area contributed by atoms with Gasteiger partial charge in [-0.2, -0.15) is 0 Å². The highest BCUT2D eigenvalue weighted by Crippen LogP contribution is 2.16. The predicted octanol–water partition coefficient (Wildman–Crippen LogP) is 2.51. The number of nitrogens with zero attached hydrogens (tertiary/aromatic N) is 1. The van der Waals surface area contributed by atoms with E-state index in [9.17, 15) is 4.79 Å². The second-order valence-corrected chi connectivity index (χ2v) is 4.66. The lowest BCUT2D eigenvalue weighted by Crippen LogP contribution is -2.36. The fourth-order valence-corrected chi connectivity index (χ4v) is 1.82. The minimum absolute atomic E-state index is 0.142. The first-order valence-electron chi connectivity index (χ1n) is 6.62. The summed E-state index contributed by atoms with van der Waals surface area (Å²) in [6.07, 6.45) is 0.978. The molecule has 3 nitrogen and oxygen atoms in total. The standard InChI is InChI=1S/C15H24N2O/c1-5-14(13-9-7-12(3)8-10-13)16-11-15(18)17(4)6-2/h7-10,14,16H,5-6,11H2,1-4H3. The molecule has 100 valence electrons. The summed E-state index contributed by atoms with van der Waals surface area (Å²) >= 11 is 0. The second-order valence-electron chi connectivity index (χ2n) is 4.66. The molecule has 0 aliphatic carbocycles. The largest absolute Gasteiger partial charge is 0.345 e. The quantitative estimate of drug-likeness (QED) is 0.839. The smallest absolute Gasteiger partial charge is 0.236 e. The van der Waals surface area contributed by atoms with E-state index < -0.39 is 0 Å². The summed E-state index contributed by atoms with van der Waals surface area (Å²) in [4.78, 5) is 13.5. The molecule has 1 unspecified atom stereocenters. The Morgan fingerprint density at radius 3 is 2.39 bits per heavy atom. The highest BCUT2D eigenvalue weighted by Gasteiger charge is 2.12. The number of nitrogens with one attached hydrogen (secondary N) is 1. The fraction of sp³-hybridized carbons (Fsp3) is 0.533. The number of rotatable bonds is 6. The number of hydrogen-bond donors (Lipinski definition) is 1. The number of carbonyl (C=O) groups excluding carboxylic acids is 1. The zero-order valence-electron chi connectivity index (χ0n) is 11.9. The van der Waals surface area contributed by atoms with Crippen molar-refractivity contribution >= 4 is 5.91 Å². The van der Waals surface area contributed by atoms with Crippen LogP contribution < -0.4 is 5.32 Å². The molecule has 1 atom stereocenters. The normalized spacial score (nSPS) is 12.2. The Kier molecular flexibility index (Phi) is 5.86. The first kappa shape index (κ1) is 14.7. The Bertz CT molecular complexity index is 373. The SMILES string of the molecule is CCC(NCC(=O)N(C)CC)c1ccc(C)cc1. The lowest BCUT2D eigenvalue weighted by Gasteiger charge is -2.20. The third kappa shape index (κ3) is 4.15. The molecule has 0 saturated carbocycles. The van der Waals surface area contributed by atoms with Gasteiger partial charge in [-0.05, 0) is 25.8 Å². The summed E-state index contributed by atoms with van der Waals surface area (Å²) in [5.74, 6) is 0.142. The number of benzene rings is 1. The van der Waals surface area contributed by atoms with Crippen molar-refractivity contribution < 1.29 is 4.79 Å². The van der Waals surface area contributed by atoms with Crippen molar-refractivity contribution in [2.45, 2.75) is 33.2 Å². The lowest BCUT2D eigenvalue weighted by molar-refractivity contribution is -0.128. The number of carbonyl (C=O) groups is 1. The van der Waals surface area contributed by atoms with E-state index >= 15 is 0 Å². The maximum atomic E-state index is 11.7. The van der Waals surface area contributed by atoms with Crippen molar-refractivity contribution in [3.05, 3.63) is 35.4 Å². The van der Waals surface area contributed by atoms with Gasteiger partial charge in [-0.3, -0.25) is 4.79 Å². The maximum absolute atomic E-state index is 11.7. The van der Waals surface area contributed by atoms with Gasteiger partial charge in [0, 0.05) is 19.6 Å². The summed E-state index contributed by atoms with van der Waals surface area (Å²) in [6.45, 7) is 7.34. The van der Waals surface area contributed by atoms with Crippen LogP contribution in [0.25, 0.3) is 0 Å². The van der Waals surface area contributed by atoms with E-state index in [4.69, 9.17) is 0 Å². The lowest BCUT2D eigenvalue weighted by atomic mass is 10.0. The number of likely N-dealkylation sites (N-methyl/N-ethyl adjacent to an activating group) is 1. The van der Waals surface area contributed by atoms with Crippen LogP contribution in [-0.4, -0.2) is 30.9 Å². The van der Waals surface area contributed by atoms with Crippen molar-refractivity contribution in [2.75, 3.05) is 20.1 Å². The molecule has 0 saturated heterocycles. The van der Waals surface area contributed by atoms with Gasteiger partial charge in [0.15, 0.2) is 0 Å². The van der Waals surface area contributed by atoms with Crippen molar-refractivity contribution in [3.63, 3.8) is 0 Å². The minimum Gasteiger partial charge on any atom is -0.345 e. The summed E-state index contributed by atoms with van der Waals surface area (Å²) in [6, 6.07) is 8.73. The van der Waals surface area contributed by atoms with E-state index in [1.165, 1.54) is 11.1 Å². The van der Waals surface area contributed by atoms with Crippen LogP contribution in [0.4, 0.5) is 0 Å². The number of amides is 1. The number of aryl methyl sites for hydroxylation is 1. The topological polar surface area (TPSA) is 32.3 Å². The Balaban J connectivity index is 2.57. The first-order chi connectivity index (χ1) is 8.58. The van der Waals surface area contributed by atoms with Crippen molar-refractivity contribution in [1.29, 1.82) is 0 Å². The third-order valence-electron chi connectivity index (χ3n) is 3.29. The van der Waals surface area contributed by atoms with Crippen LogP contribution in [0.3, 0.4) is 0 Å². The minimum atomic E-state index is 0.142. The van der Waals surface area contributed by atoms with Gasteiger partial charge in [0.25, 0.3) is 0 Å². The molecule has 0 aromatic heterocycles. The molecule has 0 fully saturated rings. The Morgan fingerprint density at radius 2 is 1.89 bits per heavy atom. The summed E-state index contributed by atoms with van der Waals surface area (Å²) in [5, 5.41) is 3.33. The molecule has 1 N–H and O–H groups in total. The molecule has 0 heterocycles. The average Bonchev–Trinajstić information content (AvgIpc) is 2.40. The van der Waals surface area contributed by atoms with Crippen LogP contribution in [0.5, 0.6) is 0 Å². The van der Waals surface area contributed by atoms with Gasteiger partial charge in [-0.25, -0.2) is 0 Å². The van der Waals surface area contributed by atoms with Crippen molar-refractivity contribution in [3.8, 4) is 0 Å². The molecule has 0 aliphatic rings. The molecule has 0 radical (unpaired) electrons. The van der Waals surface area contributed by atoms with Crippen molar-refractivity contribution in [2.24, 2.45) is 0 Å². The third-order valence-corrected chi connectivity index (χ3v) is 3.29. The second kappa shape index (κ2) is 7.17. The predicted molar refractivity (Wildman–Crippen MR) is 75.5 cm³/mol. The van der Waals surface area contributed by atoms with Crippen LogP contribution in [0.1, 0.15) is 37.4 Å². The average molecular weight is 248 g/mol. The molecular weight excluding hydrogens is 224 g/mol. The zero-order chi connectivity index (χ0) is 13.5. The Morgan fingerprint density at radius 1 is 1.28 bits per heavy atom. The molecule has 0 aliphatic heterocycles. The van der Waals surface area contributed by atoms with Crippen LogP contribution in [0.2, 0.25) is 0 Å². The van der Waals surface area contributed by atoms with Crippen molar-refractivity contribution in [1.82, 2.24) is 10.2 Å². The van der Waals surface area contributed by atoms with E-state index in [0.29, 0.717) is 6.54 Å². The monoisotopic (exact) mass is 248 g/mol. The van der Waals surface area contributed by atoms with E-state index in [1.807, 2.05) is 14.0 Å². The van der Waals surface area contributed by atoms with E-state index in [-0.39, 0.29) is 11.9 Å². The first-order valence-corrected chi connectivity index (χ1v) is 6.62. The van der Waals surface area contributed by atoms with E-state index in [1.54, 1.807) is 4.90 Å². The summed E-state index contributed by atoms with van der Waals surface area (Å²) in [5.41, 5.74) is 2.51. The zero-order valence-corrected chi connectivity index (χ0v) is 11.9. The van der Waals surface area contributed by atoms with Crippen LogP contribution in [0.15, 0.2) is 24.3 Å². The van der Waals surface area contributed by atoms with Crippen LogP contribution >= 0.6 is 0 Å². The van der Waals surface area contributed by atoms with Gasteiger partial charge in [0.05, 0.1) is 6.54 Å². The van der Waals surface area contributed by atoms with Crippen LogP contribution in [-0.2, 0) is 4.79 Å². The molecule has 1 aromatic rings. The molecular formula is C15H24N2O. The molecule has 1 rings (SSSR count). The van der Waals surface area contributed by atoms with E-state index in [2.05, 4.69) is 43.4 Å². The van der Waals surface area contributed by atoms with Gasteiger partial charge in [-0.1, -0.05) is 36.8 Å². The molecule has 1 amide bonds. The molecule has 0 spiro atoms. The highest BCUT2D eigenvalue weighted by atomic mass is 16.2. The van der Waals surface area contributed by atoms with Crippen LogP contribution in [0, 0.1) is 6.92 Å². The maximum Gasteiger partial charge on any atom is 0.236 e. The molecule has 3 heteroatoms. The van der Waals surface area contributed by atoms with Gasteiger partial charge < -0.3 is 10.2 Å². The van der Waals surface area contributed by atoms with Gasteiger partial charge >= 0.3 is 0 Å². The molecule has 0 bridgehead atoms. The fourth-order valence-electron chi connectivity index (χ4n) is 1.82. The van der Waals surface area contributed by atoms with E-state index in [0.717, 1.165) is 13.0 Å².